The first-order valence-corrected chi connectivity index (χ1v) is 9.00. The van der Waals surface area contributed by atoms with Crippen molar-refractivity contribution in [3.8, 4) is 0 Å². The molecule has 1 aliphatic heterocycles. The molecule has 0 bridgehead atoms. The Balaban J connectivity index is 1.88. The van der Waals surface area contributed by atoms with Crippen molar-refractivity contribution in [2.24, 2.45) is 5.92 Å². The highest BCUT2D eigenvalue weighted by atomic mass is 32.2. The number of carbonyl (C=O) groups excluding carboxylic acids is 1. The molecule has 1 atom stereocenters. The van der Waals surface area contributed by atoms with Gasteiger partial charge in [0.05, 0.1) is 11.9 Å². The van der Waals surface area contributed by atoms with Crippen LogP contribution in [0.3, 0.4) is 0 Å². The highest BCUT2D eigenvalue weighted by Crippen LogP contribution is 2.27. The van der Waals surface area contributed by atoms with E-state index in [1.165, 1.54) is 4.31 Å². The number of nitrogens with one attached hydrogen (secondary N) is 1. The van der Waals surface area contributed by atoms with Gasteiger partial charge in [-0.05, 0) is 38.0 Å². The zero-order valence-electron chi connectivity index (χ0n) is 11.9. The fraction of sp³-hybridized carbons (Fsp3) is 0.923. The van der Waals surface area contributed by atoms with Gasteiger partial charge in [-0.15, -0.1) is 0 Å². The molecule has 0 radical (unpaired) electrons. The second kappa shape index (κ2) is 6.41. The summed E-state index contributed by atoms with van der Waals surface area (Å²) >= 11 is 0. The van der Waals surface area contributed by atoms with E-state index in [9.17, 15) is 18.3 Å². The van der Waals surface area contributed by atoms with E-state index in [1.54, 1.807) is 0 Å². The maximum atomic E-state index is 12.2. The van der Waals surface area contributed by atoms with Crippen LogP contribution in [0.25, 0.3) is 0 Å². The quantitative estimate of drug-likeness (QED) is 0.727. The highest BCUT2D eigenvalue weighted by Gasteiger charge is 2.38. The van der Waals surface area contributed by atoms with E-state index in [4.69, 9.17) is 0 Å². The van der Waals surface area contributed by atoms with Crippen LogP contribution in [0.2, 0.25) is 0 Å². The Morgan fingerprint density at radius 1 is 1.40 bits per heavy atom. The molecule has 0 aromatic rings. The highest BCUT2D eigenvalue weighted by molar-refractivity contribution is 7.89. The Labute approximate surface area is 120 Å². The van der Waals surface area contributed by atoms with Gasteiger partial charge in [0.25, 0.3) is 0 Å². The third-order valence-corrected chi connectivity index (χ3v) is 6.18. The topological polar surface area (TPSA) is 86.7 Å². The molecular formula is C13H24N2O4S. The molecule has 0 spiro atoms. The van der Waals surface area contributed by atoms with Crippen LogP contribution in [0.5, 0.6) is 0 Å². The summed E-state index contributed by atoms with van der Waals surface area (Å²) in [4.78, 5) is 12.2. The van der Waals surface area contributed by atoms with Crippen LogP contribution in [0.15, 0.2) is 0 Å². The largest absolute Gasteiger partial charge is 0.393 e. The van der Waals surface area contributed by atoms with E-state index in [0.29, 0.717) is 31.8 Å². The molecule has 1 unspecified atom stereocenters. The number of aliphatic hydroxyl groups is 1. The molecule has 2 fully saturated rings. The first-order chi connectivity index (χ1) is 9.44. The van der Waals surface area contributed by atoms with E-state index < -0.39 is 16.1 Å². The van der Waals surface area contributed by atoms with Crippen LogP contribution in [0.4, 0.5) is 0 Å². The van der Waals surface area contributed by atoms with Gasteiger partial charge >= 0.3 is 0 Å². The lowest BCUT2D eigenvalue weighted by Gasteiger charge is -2.32. The summed E-state index contributed by atoms with van der Waals surface area (Å²) in [6.45, 7) is 2.81. The number of rotatable bonds is 6. The summed E-state index contributed by atoms with van der Waals surface area (Å²) in [6.07, 6.45) is 3.12. The SMILES string of the molecule is CCCS(=O)(=O)N1CCCC1C(=O)NCC1CC(O)C1. The summed E-state index contributed by atoms with van der Waals surface area (Å²) in [6, 6.07) is -0.545. The summed E-state index contributed by atoms with van der Waals surface area (Å²) in [5.41, 5.74) is 0. The maximum absolute atomic E-state index is 12.2. The molecule has 1 aliphatic carbocycles. The summed E-state index contributed by atoms with van der Waals surface area (Å²) in [5, 5.41) is 12.0. The smallest absolute Gasteiger partial charge is 0.238 e. The number of aliphatic hydroxyl groups excluding tert-OH is 1. The van der Waals surface area contributed by atoms with E-state index in [0.717, 1.165) is 19.3 Å². The molecule has 0 aromatic carbocycles. The molecule has 7 heteroatoms. The Morgan fingerprint density at radius 3 is 2.70 bits per heavy atom. The minimum Gasteiger partial charge on any atom is -0.393 e. The molecule has 2 rings (SSSR count). The van der Waals surface area contributed by atoms with Crippen LogP contribution in [-0.2, 0) is 14.8 Å². The number of hydrogen-bond donors (Lipinski definition) is 2. The van der Waals surface area contributed by atoms with E-state index >= 15 is 0 Å². The molecule has 116 valence electrons. The Morgan fingerprint density at radius 2 is 2.10 bits per heavy atom. The average Bonchev–Trinajstić information content (AvgIpc) is 2.82. The third-order valence-electron chi connectivity index (χ3n) is 4.10. The lowest BCUT2D eigenvalue weighted by molar-refractivity contribution is -0.124. The molecule has 20 heavy (non-hydrogen) atoms. The van der Waals surface area contributed by atoms with Gasteiger partial charge in [-0.1, -0.05) is 6.92 Å². The first kappa shape index (κ1) is 15.7. The molecule has 6 nitrogen and oxygen atoms in total. The van der Waals surface area contributed by atoms with Gasteiger partial charge in [0.15, 0.2) is 0 Å². The van der Waals surface area contributed by atoms with E-state index in [-0.39, 0.29) is 17.8 Å². The average molecular weight is 304 g/mol. The summed E-state index contributed by atoms with van der Waals surface area (Å²) < 4.78 is 25.6. The second-order valence-electron chi connectivity index (χ2n) is 5.82. The molecule has 1 amide bonds. The number of sulfonamides is 1. The van der Waals surface area contributed by atoms with Crippen LogP contribution in [0, 0.1) is 5.92 Å². The Hall–Kier alpha value is -0.660. The van der Waals surface area contributed by atoms with Crippen molar-refractivity contribution in [3.63, 3.8) is 0 Å². The van der Waals surface area contributed by atoms with Crippen molar-refractivity contribution in [2.75, 3.05) is 18.8 Å². The van der Waals surface area contributed by atoms with Crippen molar-refractivity contribution < 1.29 is 18.3 Å². The summed E-state index contributed by atoms with van der Waals surface area (Å²) in [5.74, 6) is 0.241. The normalized spacial score (nSPS) is 31.0. The molecule has 2 aliphatic rings. The van der Waals surface area contributed by atoms with Crippen molar-refractivity contribution >= 4 is 15.9 Å². The van der Waals surface area contributed by atoms with Crippen LogP contribution in [-0.4, -0.2) is 54.7 Å². The predicted molar refractivity (Wildman–Crippen MR) is 75.5 cm³/mol. The number of nitrogens with zero attached hydrogens (tertiary/aromatic N) is 1. The summed E-state index contributed by atoms with van der Waals surface area (Å²) in [7, 11) is -3.31. The number of carbonyl (C=O) groups is 1. The third kappa shape index (κ3) is 3.51. The monoisotopic (exact) mass is 304 g/mol. The number of hydrogen-bond acceptors (Lipinski definition) is 4. The standard InChI is InChI=1S/C13H24N2O4S/c1-2-6-20(18,19)15-5-3-4-12(15)13(17)14-9-10-7-11(16)8-10/h10-12,16H,2-9H2,1H3,(H,14,17). The van der Waals surface area contributed by atoms with Gasteiger partial charge < -0.3 is 10.4 Å². The zero-order chi connectivity index (χ0) is 14.8. The molecule has 1 saturated heterocycles. The molecular weight excluding hydrogens is 280 g/mol. The molecule has 1 heterocycles. The van der Waals surface area contributed by atoms with E-state index in [1.807, 2.05) is 6.92 Å². The predicted octanol–water partition coefficient (Wildman–Crippen LogP) is 0.0777. The fourth-order valence-electron chi connectivity index (χ4n) is 2.94. The van der Waals surface area contributed by atoms with Gasteiger partial charge in [0, 0.05) is 13.1 Å². The minimum atomic E-state index is -3.31. The van der Waals surface area contributed by atoms with Crippen molar-refractivity contribution in [1.29, 1.82) is 0 Å². The van der Waals surface area contributed by atoms with Gasteiger partial charge in [0.1, 0.15) is 6.04 Å². The van der Waals surface area contributed by atoms with Crippen LogP contribution in [0.1, 0.15) is 39.0 Å². The van der Waals surface area contributed by atoms with E-state index in [2.05, 4.69) is 5.32 Å². The maximum Gasteiger partial charge on any atom is 0.238 e. The van der Waals surface area contributed by atoms with Crippen molar-refractivity contribution in [3.05, 3.63) is 0 Å². The van der Waals surface area contributed by atoms with Crippen LogP contribution < -0.4 is 5.32 Å². The molecule has 2 N–H and O–H groups in total. The lowest BCUT2D eigenvalue weighted by atomic mass is 9.82. The minimum absolute atomic E-state index is 0.103. The van der Waals surface area contributed by atoms with Gasteiger partial charge in [-0.3, -0.25) is 4.79 Å². The Kier molecular flexibility index (Phi) is 5.04. The van der Waals surface area contributed by atoms with Crippen LogP contribution >= 0.6 is 0 Å². The second-order valence-corrected chi connectivity index (χ2v) is 7.86. The van der Waals surface area contributed by atoms with Gasteiger partial charge in [-0.2, -0.15) is 4.31 Å². The fourth-order valence-corrected chi connectivity index (χ4v) is 4.69. The van der Waals surface area contributed by atoms with Crippen molar-refractivity contribution in [2.45, 2.75) is 51.2 Å². The Bertz CT molecular complexity index is 445. The van der Waals surface area contributed by atoms with Gasteiger partial charge in [-0.25, -0.2) is 8.42 Å². The van der Waals surface area contributed by atoms with Gasteiger partial charge in [0.2, 0.25) is 15.9 Å². The first-order valence-electron chi connectivity index (χ1n) is 7.39. The van der Waals surface area contributed by atoms with Crippen molar-refractivity contribution in [1.82, 2.24) is 9.62 Å². The zero-order valence-corrected chi connectivity index (χ0v) is 12.7. The number of amides is 1. The molecule has 1 saturated carbocycles. The molecule has 0 aromatic heterocycles. The lowest BCUT2D eigenvalue weighted by Crippen LogP contribution is -2.48.